The molecule has 1 fully saturated rings. The van der Waals surface area contributed by atoms with Crippen molar-refractivity contribution in [3.63, 3.8) is 0 Å². The lowest BCUT2D eigenvalue weighted by Crippen LogP contribution is -2.21. The zero-order valence-corrected chi connectivity index (χ0v) is 17.2. The molecule has 25 heavy (non-hydrogen) atoms. The Morgan fingerprint density at radius 2 is 1.44 bits per heavy atom. The molecule has 1 saturated carbocycles. The van der Waals surface area contributed by atoms with Gasteiger partial charge in [-0.1, -0.05) is 69.9 Å². The molecule has 0 nitrogen and oxygen atoms in total. The Balaban J connectivity index is 2.26. The molecule has 144 valence electrons. The first-order valence-electron chi connectivity index (χ1n) is 11.2. The molecule has 1 unspecified atom stereocenters. The number of hydrogen-bond donors (Lipinski definition) is 0. The molecule has 0 saturated heterocycles. The highest BCUT2D eigenvalue weighted by Crippen LogP contribution is 2.37. The minimum Gasteiger partial charge on any atom is -0.103 e. The molecule has 0 aromatic heterocycles. The van der Waals surface area contributed by atoms with E-state index in [0.717, 1.165) is 17.8 Å². The van der Waals surface area contributed by atoms with Gasteiger partial charge in [0.1, 0.15) is 0 Å². The van der Waals surface area contributed by atoms with E-state index in [9.17, 15) is 0 Å². The highest BCUT2D eigenvalue weighted by Gasteiger charge is 2.25. The molecule has 0 radical (unpaired) electrons. The predicted octanol–water partition coefficient (Wildman–Crippen LogP) is 8.65. The summed E-state index contributed by atoms with van der Waals surface area (Å²) >= 11 is 0. The van der Waals surface area contributed by atoms with Gasteiger partial charge in [0.05, 0.1) is 0 Å². The van der Waals surface area contributed by atoms with E-state index in [1.807, 2.05) is 0 Å². The molecule has 0 aliphatic heterocycles. The molecule has 0 heteroatoms. The summed E-state index contributed by atoms with van der Waals surface area (Å²) < 4.78 is 0. The Morgan fingerprint density at radius 1 is 0.840 bits per heavy atom. The smallest absolute Gasteiger partial charge is 0.0233 e. The molecule has 1 rings (SSSR count). The largest absolute Gasteiger partial charge is 0.103 e. The van der Waals surface area contributed by atoms with Crippen molar-refractivity contribution in [2.75, 3.05) is 0 Å². The SMILES string of the molecule is C=CCC(CCCC=CCCCC)C1CCC(C=CCCCC)CC1. The maximum absolute atomic E-state index is 4.02. The molecule has 0 aromatic carbocycles. The van der Waals surface area contributed by atoms with E-state index in [1.54, 1.807) is 0 Å². The Kier molecular flexibility index (Phi) is 13.8. The Hall–Kier alpha value is -0.780. The first-order chi connectivity index (χ1) is 12.3. The van der Waals surface area contributed by atoms with Crippen molar-refractivity contribution in [1.29, 1.82) is 0 Å². The number of rotatable bonds is 14. The number of hydrogen-bond acceptors (Lipinski definition) is 0. The van der Waals surface area contributed by atoms with Gasteiger partial charge in [-0.3, -0.25) is 0 Å². The van der Waals surface area contributed by atoms with Crippen molar-refractivity contribution in [3.8, 4) is 0 Å². The summed E-state index contributed by atoms with van der Waals surface area (Å²) in [6.45, 7) is 8.57. The Labute approximate surface area is 158 Å². The third kappa shape index (κ3) is 10.7. The molecule has 0 aromatic rings. The summed E-state index contributed by atoms with van der Waals surface area (Å²) in [5, 5.41) is 0. The van der Waals surface area contributed by atoms with Gasteiger partial charge >= 0.3 is 0 Å². The van der Waals surface area contributed by atoms with E-state index in [1.165, 1.54) is 89.9 Å². The van der Waals surface area contributed by atoms with Gasteiger partial charge in [0.2, 0.25) is 0 Å². The third-order valence-corrected chi connectivity index (χ3v) is 5.92. The van der Waals surface area contributed by atoms with Gasteiger partial charge in [-0.05, 0) is 82.0 Å². The molecule has 0 spiro atoms. The van der Waals surface area contributed by atoms with Gasteiger partial charge in [-0.2, -0.15) is 0 Å². The van der Waals surface area contributed by atoms with Crippen LogP contribution < -0.4 is 0 Å². The van der Waals surface area contributed by atoms with Crippen LogP contribution in [-0.2, 0) is 0 Å². The van der Waals surface area contributed by atoms with Crippen LogP contribution in [0.4, 0.5) is 0 Å². The van der Waals surface area contributed by atoms with Crippen molar-refractivity contribution in [2.45, 2.75) is 104 Å². The molecule has 0 N–H and O–H groups in total. The van der Waals surface area contributed by atoms with E-state index in [0.29, 0.717) is 0 Å². The zero-order valence-electron chi connectivity index (χ0n) is 17.2. The van der Waals surface area contributed by atoms with Crippen LogP contribution in [0.15, 0.2) is 37.0 Å². The molecule has 0 heterocycles. The topological polar surface area (TPSA) is 0 Å². The minimum absolute atomic E-state index is 0.860. The van der Waals surface area contributed by atoms with E-state index >= 15 is 0 Å². The zero-order chi connectivity index (χ0) is 18.2. The fourth-order valence-electron chi connectivity index (χ4n) is 4.24. The van der Waals surface area contributed by atoms with E-state index in [2.05, 4.69) is 50.8 Å². The molecular formula is C25H44. The lowest BCUT2D eigenvalue weighted by atomic mass is 9.73. The molecule has 0 amide bonds. The van der Waals surface area contributed by atoms with Crippen molar-refractivity contribution >= 4 is 0 Å². The lowest BCUT2D eigenvalue weighted by molar-refractivity contribution is 0.212. The fourth-order valence-corrected chi connectivity index (χ4v) is 4.24. The standard InChI is InChI=1S/C25H44/c1-4-7-9-11-12-13-15-18-24(16-6-3)25-21-19-23(20-22-25)17-14-10-8-5-2/h6,11-12,14,17,23-25H,3-5,7-10,13,15-16,18-22H2,1-2H3. The maximum Gasteiger partial charge on any atom is -0.0233 e. The monoisotopic (exact) mass is 344 g/mol. The van der Waals surface area contributed by atoms with Crippen LogP contribution in [0.5, 0.6) is 0 Å². The summed E-state index contributed by atoms with van der Waals surface area (Å²) in [5.74, 6) is 2.69. The molecule has 0 bridgehead atoms. The third-order valence-electron chi connectivity index (χ3n) is 5.92. The minimum atomic E-state index is 0.860. The van der Waals surface area contributed by atoms with Gasteiger partial charge < -0.3 is 0 Å². The van der Waals surface area contributed by atoms with Crippen LogP contribution in [0.25, 0.3) is 0 Å². The molecule has 1 aliphatic rings. The van der Waals surface area contributed by atoms with Crippen molar-refractivity contribution in [1.82, 2.24) is 0 Å². The van der Waals surface area contributed by atoms with Crippen molar-refractivity contribution in [3.05, 3.63) is 37.0 Å². The summed E-state index contributed by atoms with van der Waals surface area (Å²) in [7, 11) is 0. The second-order valence-electron chi connectivity index (χ2n) is 8.07. The first kappa shape index (κ1) is 22.3. The first-order valence-corrected chi connectivity index (χ1v) is 11.2. The van der Waals surface area contributed by atoms with Gasteiger partial charge in [0.15, 0.2) is 0 Å². The summed E-state index contributed by atoms with van der Waals surface area (Å²) in [6.07, 6.45) is 30.7. The maximum atomic E-state index is 4.02. The lowest BCUT2D eigenvalue weighted by Gasteiger charge is -2.32. The second-order valence-corrected chi connectivity index (χ2v) is 8.07. The van der Waals surface area contributed by atoms with Gasteiger partial charge in [-0.15, -0.1) is 6.58 Å². The van der Waals surface area contributed by atoms with Gasteiger partial charge in [0, 0.05) is 0 Å². The Bertz CT molecular complexity index is 354. The van der Waals surface area contributed by atoms with Crippen LogP contribution in [0.1, 0.15) is 104 Å². The average molecular weight is 345 g/mol. The van der Waals surface area contributed by atoms with E-state index in [4.69, 9.17) is 0 Å². The quantitative estimate of drug-likeness (QED) is 0.218. The van der Waals surface area contributed by atoms with Gasteiger partial charge in [-0.25, -0.2) is 0 Å². The number of unbranched alkanes of at least 4 members (excludes halogenated alkanes) is 5. The van der Waals surface area contributed by atoms with Crippen molar-refractivity contribution < 1.29 is 0 Å². The van der Waals surface area contributed by atoms with Crippen LogP contribution in [0.2, 0.25) is 0 Å². The van der Waals surface area contributed by atoms with E-state index in [-0.39, 0.29) is 0 Å². The van der Waals surface area contributed by atoms with Crippen LogP contribution in [-0.4, -0.2) is 0 Å². The predicted molar refractivity (Wildman–Crippen MR) is 115 cm³/mol. The van der Waals surface area contributed by atoms with Gasteiger partial charge in [0.25, 0.3) is 0 Å². The highest BCUT2D eigenvalue weighted by atomic mass is 14.3. The summed E-state index contributed by atoms with van der Waals surface area (Å²) in [5.41, 5.74) is 0. The van der Waals surface area contributed by atoms with Crippen LogP contribution >= 0.6 is 0 Å². The summed E-state index contributed by atoms with van der Waals surface area (Å²) in [4.78, 5) is 0. The highest BCUT2D eigenvalue weighted by molar-refractivity contribution is 4.92. The molecular weight excluding hydrogens is 300 g/mol. The van der Waals surface area contributed by atoms with E-state index < -0.39 is 0 Å². The molecule has 1 atom stereocenters. The van der Waals surface area contributed by atoms with Crippen LogP contribution in [0.3, 0.4) is 0 Å². The number of allylic oxidation sites excluding steroid dienone is 5. The summed E-state index contributed by atoms with van der Waals surface area (Å²) in [6, 6.07) is 0. The van der Waals surface area contributed by atoms with Crippen LogP contribution in [0, 0.1) is 17.8 Å². The Morgan fingerprint density at radius 3 is 2.04 bits per heavy atom. The average Bonchev–Trinajstić information content (AvgIpc) is 2.64. The second kappa shape index (κ2) is 15.5. The molecule has 1 aliphatic carbocycles. The normalized spacial score (nSPS) is 22.6. The fraction of sp³-hybridized carbons (Fsp3) is 0.760. The van der Waals surface area contributed by atoms with Crippen molar-refractivity contribution in [2.24, 2.45) is 17.8 Å².